The maximum atomic E-state index is 3.33. The molecule has 0 aliphatic carbocycles. The molecule has 0 aliphatic rings. The second-order valence-electron chi connectivity index (χ2n) is 2.84. The van der Waals surface area contributed by atoms with Crippen molar-refractivity contribution < 1.29 is 0 Å². The predicted octanol–water partition coefficient (Wildman–Crippen LogP) is 3.22. The molecule has 1 N–H and O–H groups in total. The van der Waals surface area contributed by atoms with Crippen molar-refractivity contribution in [3.05, 3.63) is 35.9 Å². The van der Waals surface area contributed by atoms with Crippen molar-refractivity contribution in [1.29, 1.82) is 0 Å². The zero-order valence-electron chi connectivity index (χ0n) is 10.0. The molecule has 0 bridgehead atoms. The van der Waals surface area contributed by atoms with Gasteiger partial charge in [-0.05, 0) is 12.5 Å². The van der Waals surface area contributed by atoms with Gasteiger partial charge in [-0.1, -0.05) is 44.2 Å². The van der Waals surface area contributed by atoms with Crippen LogP contribution in [0.1, 0.15) is 32.8 Å². The summed E-state index contributed by atoms with van der Waals surface area (Å²) in [4.78, 5) is 0. The summed E-state index contributed by atoms with van der Waals surface area (Å²) in [5, 5.41) is 3.33. The maximum Gasteiger partial charge on any atom is 0.0214 e. The van der Waals surface area contributed by atoms with Crippen molar-refractivity contribution in [1.82, 2.24) is 5.32 Å². The van der Waals surface area contributed by atoms with Crippen LogP contribution in [0.2, 0.25) is 0 Å². The van der Waals surface area contributed by atoms with Gasteiger partial charge in [-0.25, -0.2) is 0 Å². The largest absolute Gasteiger partial charge is 0.312 e. The van der Waals surface area contributed by atoms with Crippen LogP contribution in [-0.4, -0.2) is 6.54 Å². The first-order valence-corrected chi connectivity index (χ1v) is 5.57. The smallest absolute Gasteiger partial charge is 0.0214 e. The van der Waals surface area contributed by atoms with E-state index in [2.05, 4.69) is 41.4 Å². The van der Waals surface area contributed by atoms with Crippen LogP contribution >= 0.6 is 0 Å². The fraction of sp³-hybridized carbons (Fsp3) is 0.429. The van der Waals surface area contributed by atoms with Crippen LogP contribution in [-0.2, 0) is 6.54 Å². The molecule has 0 aliphatic heterocycles. The monoisotopic (exact) mass is 203 g/mol. The first kappa shape index (κ1) is 13.7. The highest BCUT2D eigenvalue weighted by molar-refractivity contribution is 5.14. The molecule has 15 heavy (non-hydrogen) atoms. The van der Waals surface area contributed by atoms with Crippen molar-refractivity contribution in [2.75, 3.05) is 6.54 Å². The summed E-state index contributed by atoms with van der Waals surface area (Å²) in [7, 11) is 0. The summed E-state index contributed by atoms with van der Waals surface area (Å²) >= 11 is 0. The third-order valence-electron chi connectivity index (χ3n) is 1.78. The van der Waals surface area contributed by atoms with E-state index in [4.69, 9.17) is 0 Å². The van der Waals surface area contributed by atoms with E-state index in [0.717, 1.165) is 19.5 Å². The molecule has 82 valence electrons. The molecule has 0 amide bonds. The van der Waals surface area contributed by atoms with Gasteiger partial charge in [-0.2, -0.15) is 0 Å². The molecule has 0 saturated heterocycles. The van der Waals surface area contributed by atoms with Crippen LogP contribution in [0.25, 0.3) is 0 Å². The Hall–Kier alpha value is -1.26. The standard InChI is InChI=1S/C12H15N.C2H6/c1-2-3-7-10-13-11-12-8-5-4-6-9-12;1-2/h4-6,8-9,13H,7,10-11H2,1H3;1-2H3. The minimum atomic E-state index is 0.934. The van der Waals surface area contributed by atoms with Crippen LogP contribution in [0.3, 0.4) is 0 Å². The van der Waals surface area contributed by atoms with Crippen molar-refractivity contribution in [3.8, 4) is 11.8 Å². The van der Waals surface area contributed by atoms with Gasteiger partial charge < -0.3 is 5.32 Å². The Morgan fingerprint density at radius 2 is 1.80 bits per heavy atom. The quantitative estimate of drug-likeness (QED) is 0.585. The molecule has 0 spiro atoms. The molecule has 1 rings (SSSR count). The molecule has 1 aromatic carbocycles. The first-order valence-electron chi connectivity index (χ1n) is 5.57. The zero-order chi connectivity index (χ0) is 11.4. The maximum absolute atomic E-state index is 3.33. The van der Waals surface area contributed by atoms with E-state index in [0.29, 0.717) is 0 Å². The Morgan fingerprint density at radius 3 is 2.40 bits per heavy atom. The summed E-state index contributed by atoms with van der Waals surface area (Å²) in [5.74, 6) is 5.90. The van der Waals surface area contributed by atoms with E-state index < -0.39 is 0 Å². The molecule has 0 unspecified atom stereocenters. The summed E-state index contributed by atoms with van der Waals surface area (Å²) in [6.07, 6.45) is 0.934. The lowest BCUT2D eigenvalue weighted by molar-refractivity contribution is 0.701. The highest BCUT2D eigenvalue weighted by atomic mass is 14.8. The van der Waals surface area contributed by atoms with E-state index in [1.54, 1.807) is 0 Å². The van der Waals surface area contributed by atoms with Crippen molar-refractivity contribution in [2.24, 2.45) is 0 Å². The van der Waals surface area contributed by atoms with Gasteiger partial charge in [0.25, 0.3) is 0 Å². The van der Waals surface area contributed by atoms with E-state index in [9.17, 15) is 0 Å². The highest BCUT2D eigenvalue weighted by Gasteiger charge is 1.88. The molecule has 0 saturated carbocycles. The lowest BCUT2D eigenvalue weighted by Crippen LogP contribution is -2.13. The predicted molar refractivity (Wildman–Crippen MR) is 67.6 cm³/mol. The van der Waals surface area contributed by atoms with Gasteiger partial charge in [-0.3, -0.25) is 0 Å². The number of hydrogen-bond acceptors (Lipinski definition) is 1. The normalized spacial score (nSPS) is 8.20. The van der Waals surface area contributed by atoms with Gasteiger partial charge in [0.05, 0.1) is 0 Å². The minimum Gasteiger partial charge on any atom is -0.312 e. The first-order chi connectivity index (χ1) is 7.43. The average molecular weight is 203 g/mol. The number of nitrogens with one attached hydrogen (secondary N) is 1. The molecule has 0 fully saturated rings. The number of benzene rings is 1. The zero-order valence-corrected chi connectivity index (χ0v) is 10.0. The second-order valence-corrected chi connectivity index (χ2v) is 2.84. The van der Waals surface area contributed by atoms with Crippen LogP contribution in [0.15, 0.2) is 30.3 Å². The summed E-state index contributed by atoms with van der Waals surface area (Å²) in [6.45, 7) is 7.78. The summed E-state index contributed by atoms with van der Waals surface area (Å²) in [6, 6.07) is 10.4. The van der Waals surface area contributed by atoms with E-state index in [-0.39, 0.29) is 0 Å². The van der Waals surface area contributed by atoms with Crippen molar-refractivity contribution >= 4 is 0 Å². The molecule has 1 aromatic rings. The summed E-state index contributed by atoms with van der Waals surface area (Å²) in [5.41, 5.74) is 1.33. The second kappa shape index (κ2) is 10.8. The molecule has 1 nitrogen and oxygen atoms in total. The molecule has 0 heterocycles. The van der Waals surface area contributed by atoms with Gasteiger partial charge in [0, 0.05) is 19.5 Å². The Kier molecular flexibility index (Phi) is 9.91. The molecule has 0 radical (unpaired) electrons. The SMILES string of the molecule is CC.CC#CCCNCc1ccccc1. The Labute approximate surface area is 93.9 Å². The lowest BCUT2D eigenvalue weighted by atomic mass is 10.2. The lowest BCUT2D eigenvalue weighted by Gasteiger charge is -2.01. The van der Waals surface area contributed by atoms with Crippen LogP contribution in [0, 0.1) is 11.8 Å². The Morgan fingerprint density at radius 1 is 1.13 bits per heavy atom. The fourth-order valence-corrected chi connectivity index (χ4v) is 1.10. The van der Waals surface area contributed by atoms with Gasteiger partial charge in [0.2, 0.25) is 0 Å². The summed E-state index contributed by atoms with van der Waals surface area (Å²) < 4.78 is 0. The van der Waals surface area contributed by atoms with Gasteiger partial charge in [0.1, 0.15) is 0 Å². The fourth-order valence-electron chi connectivity index (χ4n) is 1.10. The minimum absolute atomic E-state index is 0.934. The molecular formula is C14H21N. The third-order valence-corrected chi connectivity index (χ3v) is 1.78. The van der Waals surface area contributed by atoms with Gasteiger partial charge in [-0.15, -0.1) is 11.8 Å². The topological polar surface area (TPSA) is 12.0 Å². The highest BCUT2D eigenvalue weighted by Crippen LogP contribution is 1.96. The van der Waals surface area contributed by atoms with Gasteiger partial charge in [0.15, 0.2) is 0 Å². The molecule has 0 aromatic heterocycles. The Bertz CT molecular complexity index is 279. The van der Waals surface area contributed by atoms with Crippen molar-refractivity contribution in [2.45, 2.75) is 33.7 Å². The molecule has 1 heteroatoms. The van der Waals surface area contributed by atoms with Crippen LogP contribution in [0.5, 0.6) is 0 Å². The van der Waals surface area contributed by atoms with Crippen molar-refractivity contribution in [3.63, 3.8) is 0 Å². The number of hydrogen-bond donors (Lipinski definition) is 1. The molecular weight excluding hydrogens is 182 g/mol. The Balaban J connectivity index is 0.000000921. The van der Waals surface area contributed by atoms with Gasteiger partial charge >= 0.3 is 0 Å². The van der Waals surface area contributed by atoms with Crippen LogP contribution < -0.4 is 5.32 Å². The van der Waals surface area contributed by atoms with E-state index in [1.807, 2.05) is 26.8 Å². The molecule has 0 atom stereocenters. The average Bonchev–Trinajstić information content (AvgIpc) is 2.33. The van der Waals surface area contributed by atoms with Crippen LogP contribution in [0.4, 0.5) is 0 Å². The number of rotatable bonds is 4. The van der Waals surface area contributed by atoms with E-state index >= 15 is 0 Å². The third kappa shape index (κ3) is 7.78. The van der Waals surface area contributed by atoms with E-state index in [1.165, 1.54) is 5.56 Å².